The average Bonchev–Trinajstić information content (AvgIpc) is 2.41. The predicted octanol–water partition coefficient (Wildman–Crippen LogP) is 0.561. The third kappa shape index (κ3) is 3.12. The first-order valence-electron chi connectivity index (χ1n) is 6.47. The molecule has 0 fully saturated rings. The molecule has 102 valence electrons. The molecule has 0 saturated heterocycles. The van der Waals surface area contributed by atoms with Gasteiger partial charge in [0.05, 0.1) is 0 Å². The number of hydrogen-bond donors (Lipinski definition) is 2. The van der Waals surface area contributed by atoms with Gasteiger partial charge in [-0.2, -0.15) is 0 Å². The van der Waals surface area contributed by atoms with Crippen LogP contribution < -0.4 is 16.0 Å². The minimum absolute atomic E-state index is 0.0347. The number of hydrogen-bond acceptors (Lipinski definition) is 3. The van der Waals surface area contributed by atoms with Gasteiger partial charge < -0.3 is 16.0 Å². The first kappa shape index (κ1) is 13.5. The molecule has 3 N–H and O–H groups in total. The lowest BCUT2D eigenvalue weighted by Crippen LogP contribution is -2.31. The normalized spacial score (nSPS) is 14.2. The Labute approximate surface area is 112 Å². The highest BCUT2D eigenvalue weighted by Gasteiger charge is 2.20. The Kier molecular flexibility index (Phi) is 4.16. The van der Waals surface area contributed by atoms with Crippen molar-refractivity contribution in [2.24, 2.45) is 5.73 Å². The molecule has 5 nitrogen and oxygen atoms in total. The van der Waals surface area contributed by atoms with E-state index < -0.39 is 0 Å². The molecule has 0 bridgehead atoms. The highest BCUT2D eigenvalue weighted by atomic mass is 16.2. The highest BCUT2D eigenvalue weighted by molar-refractivity contribution is 5.95. The summed E-state index contributed by atoms with van der Waals surface area (Å²) in [5.74, 6) is 0.115. The Morgan fingerprint density at radius 2 is 2.21 bits per heavy atom. The van der Waals surface area contributed by atoms with E-state index in [2.05, 4.69) is 11.4 Å². The van der Waals surface area contributed by atoms with Crippen LogP contribution in [0.25, 0.3) is 0 Å². The van der Waals surface area contributed by atoms with Gasteiger partial charge in [0.1, 0.15) is 0 Å². The number of anilines is 1. The highest BCUT2D eigenvalue weighted by Crippen LogP contribution is 2.27. The summed E-state index contributed by atoms with van der Waals surface area (Å²) in [7, 11) is 1.79. The van der Waals surface area contributed by atoms with Gasteiger partial charge in [0.2, 0.25) is 11.8 Å². The van der Waals surface area contributed by atoms with Crippen molar-refractivity contribution >= 4 is 17.5 Å². The molecular weight excluding hydrogens is 242 g/mol. The van der Waals surface area contributed by atoms with E-state index in [-0.39, 0.29) is 11.8 Å². The third-order valence-electron chi connectivity index (χ3n) is 3.35. The number of carbonyl (C=O) groups excluding carboxylic acids is 2. The van der Waals surface area contributed by atoms with Crippen LogP contribution in [-0.2, 0) is 22.6 Å². The molecule has 0 unspecified atom stereocenters. The van der Waals surface area contributed by atoms with Crippen LogP contribution in [0.5, 0.6) is 0 Å². The number of benzene rings is 1. The molecule has 0 atom stereocenters. The van der Waals surface area contributed by atoms with Crippen LogP contribution in [0, 0.1) is 0 Å². The van der Waals surface area contributed by atoms with Crippen molar-refractivity contribution in [2.45, 2.75) is 25.8 Å². The first-order valence-corrected chi connectivity index (χ1v) is 6.47. The minimum Gasteiger partial charge on any atom is -0.352 e. The fourth-order valence-corrected chi connectivity index (χ4v) is 2.24. The molecule has 1 aliphatic rings. The number of nitrogens with zero attached hydrogens (tertiary/aromatic N) is 1. The Bertz CT molecular complexity index is 499. The number of nitrogens with two attached hydrogens (primary N) is 1. The van der Waals surface area contributed by atoms with Gasteiger partial charge in [-0.3, -0.25) is 9.59 Å². The van der Waals surface area contributed by atoms with E-state index in [1.54, 1.807) is 11.9 Å². The Balaban J connectivity index is 2.05. The monoisotopic (exact) mass is 261 g/mol. The summed E-state index contributed by atoms with van der Waals surface area (Å²) in [5.41, 5.74) is 8.49. The number of carbonyl (C=O) groups is 2. The quantitative estimate of drug-likeness (QED) is 0.831. The van der Waals surface area contributed by atoms with E-state index in [0.29, 0.717) is 25.9 Å². The van der Waals surface area contributed by atoms with Crippen molar-refractivity contribution < 1.29 is 9.59 Å². The van der Waals surface area contributed by atoms with Gasteiger partial charge in [-0.15, -0.1) is 0 Å². The van der Waals surface area contributed by atoms with Gasteiger partial charge in [0.25, 0.3) is 0 Å². The summed E-state index contributed by atoms with van der Waals surface area (Å²) in [6, 6.07) is 5.94. The molecule has 0 spiro atoms. The number of fused-ring (bicyclic) bond motifs is 1. The van der Waals surface area contributed by atoms with Crippen LogP contribution in [0.1, 0.15) is 24.0 Å². The molecule has 19 heavy (non-hydrogen) atoms. The maximum atomic E-state index is 11.6. The molecule has 2 rings (SSSR count). The zero-order valence-electron chi connectivity index (χ0n) is 11.1. The summed E-state index contributed by atoms with van der Waals surface area (Å²) < 4.78 is 0. The molecule has 5 heteroatoms. The summed E-state index contributed by atoms with van der Waals surface area (Å²) in [6.07, 6.45) is 1.66. The number of rotatable bonds is 4. The molecular formula is C14H19N3O2. The maximum Gasteiger partial charge on any atom is 0.227 e. The second-order valence-corrected chi connectivity index (χ2v) is 4.73. The van der Waals surface area contributed by atoms with Crippen molar-refractivity contribution in [1.29, 1.82) is 0 Å². The lowest BCUT2D eigenvalue weighted by Gasteiger charge is -2.26. The summed E-state index contributed by atoms with van der Waals surface area (Å²) in [6.45, 7) is 0.868. The van der Waals surface area contributed by atoms with E-state index in [1.807, 2.05) is 12.1 Å². The van der Waals surface area contributed by atoms with Gasteiger partial charge >= 0.3 is 0 Å². The van der Waals surface area contributed by atoms with E-state index in [0.717, 1.165) is 23.2 Å². The van der Waals surface area contributed by atoms with Gasteiger partial charge in [-0.1, -0.05) is 12.1 Å². The molecule has 1 aromatic rings. The van der Waals surface area contributed by atoms with Crippen molar-refractivity contribution in [3.63, 3.8) is 0 Å². The Hall–Kier alpha value is -1.88. The lowest BCUT2D eigenvalue weighted by molar-refractivity contribution is -0.121. The zero-order valence-corrected chi connectivity index (χ0v) is 11.1. The van der Waals surface area contributed by atoms with Crippen LogP contribution in [0.2, 0.25) is 0 Å². The molecule has 1 heterocycles. The second-order valence-electron chi connectivity index (χ2n) is 4.73. The third-order valence-corrected chi connectivity index (χ3v) is 3.35. The van der Waals surface area contributed by atoms with Crippen LogP contribution in [0.15, 0.2) is 18.2 Å². The van der Waals surface area contributed by atoms with Crippen LogP contribution in [-0.4, -0.2) is 25.4 Å². The summed E-state index contributed by atoms with van der Waals surface area (Å²) in [5, 5.41) is 2.83. The average molecular weight is 261 g/mol. The van der Waals surface area contributed by atoms with Crippen molar-refractivity contribution in [3.05, 3.63) is 29.3 Å². The topological polar surface area (TPSA) is 75.4 Å². The Morgan fingerprint density at radius 3 is 2.95 bits per heavy atom. The van der Waals surface area contributed by atoms with E-state index in [9.17, 15) is 9.59 Å². The lowest BCUT2D eigenvalue weighted by atomic mass is 9.99. The molecule has 0 radical (unpaired) electrons. The number of nitrogens with one attached hydrogen (secondary N) is 1. The molecule has 0 aliphatic carbocycles. The van der Waals surface area contributed by atoms with Crippen molar-refractivity contribution in [2.75, 3.05) is 18.5 Å². The van der Waals surface area contributed by atoms with Crippen molar-refractivity contribution in [3.8, 4) is 0 Å². The summed E-state index contributed by atoms with van der Waals surface area (Å²) >= 11 is 0. The van der Waals surface area contributed by atoms with Crippen molar-refractivity contribution in [1.82, 2.24) is 5.32 Å². The predicted molar refractivity (Wildman–Crippen MR) is 73.7 cm³/mol. The van der Waals surface area contributed by atoms with Gasteiger partial charge in [0.15, 0.2) is 0 Å². The maximum absolute atomic E-state index is 11.6. The fourth-order valence-electron chi connectivity index (χ4n) is 2.24. The Morgan fingerprint density at radius 1 is 1.42 bits per heavy atom. The van der Waals surface area contributed by atoms with Crippen LogP contribution in [0.3, 0.4) is 0 Å². The van der Waals surface area contributed by atoms with Gasteiger partial charge in [0, 0.05) is 38.7 Å². The SMILES string of the molecule is CN1C(=O)CCc2cc(CNC(=O)CCN)ccc21. The van der Waals surface area contributed by atoms with Crippen LogP contribution >= 0.6 is 0 Å². The zero-order chi connectivity index (χ0) is 13.8. The molecule has 1 aromatic carbocycles. The van der Waals surface area contributed by atoms with E-state index in [4.69, 9.17) is 5.73 Å². The van der Waals surface area contributed by atoms with E-state index >= 15 is 0 Å². The fraction of sp³-hybridized carbons (Fsp3) is 0.429. The van der Waals surface area contributed by atoms with E-state index in [1.165, 1.54) is 0 Å². The first-order chi connectivity index (χ1) is 9.11. The molecule has 1 aliphatic heterocycles. The van der Waals surface area contributed by atoms with Crippen LogP contribution in [0.4, 0.5) is 5.69 Å². The number of amides is 2. The largest absolute Gasteiger partial charge is 0.352 e. The standard InChI is InChI=1S/C14H19N3O2/c1-17-12-4-2-10(9-16-13(18)6-7-15)8-11(12)3-5-14(17)19/h2,4,8H,3,5-7,9,15H2,1H3,(H,16,18). The molecule has 0 saturated carbocycles. The molecule has 2 amide bonds. The van der Waals surface area contributed by atoms with Gasteiger partial charge in [-0.25, -0.2) is 0 Å². The molecule has 0 aromatic heterocycles. The summed E-state index contributed by atoms with van der Waals surface area (Å²) in [4.78, 5) is 24.6. The van der Waals surface area contributed by atoms with Gasteiger partial charge in [-0.05, 0) is 23.6 Å². The number of aryl methyl sites for hydroxylation is 1. The smallest absolute Gasteiger partial charge is 0.227 e. The minimum atomic E-state index is -0.0347. The second kappa shape index (κ2) is 5.84.